The zero-order valence-electron chi connectivity index (χ0n) is 11.9. The van der Waals surface area contributed by atoms with Crippen molar-refractivity contribution in [3.63, 3.8) is 0 Å². The molecule has 3 nitrogen and oxygen atoms in total. The van der Waals surface area contributed by atoms with Crippen LogP contribution in [0.2, 0.25) is 5.02 Å². The second kappa shape index (κ2) is 7.09. The van der Waals surface area contributed by atoms with Gasteiger partial charge in [-0.1, -0.05) is 23.7 Å². The van der Waals surface area contributed by atoms with E-state index in [1.807, 2.05) is 31.2 Å². The number of benzene rings is 1. The Balaban J connectivity index is 1.86. The first-order valence-electron chi connectivity index (χ1n) is 7.36. The lowest BCUT2D eigenvalue weighted by Gasteiger charge is -2.28. The summed E-state index contributed by atoms with van der Waals surface area (Å²) < 4.78 is 0. The Kier molecular flexibility index (Phi) is 5.44. The minimum absolute atomic E-state index is 0.0204. The van der Waals surface area contributed by atoms with Crippen LogP contribution in [-0.4, -0.2) is 12.5 Å². The third-order valence-corrected chi connectivity index (χ3v) is 4.53. The van der Waals surface area contributed by atoms with Crippen LogP contribution < -0.4 is 11.1 Å². The number of hydrogen-bond donors (Lipinski definition) is 2. The third-order valence-electron chi connectivity index (χ3n) is 4.28. The number of amides is 1. The summed E-state index contributed by atoms with van der Waals surface area (Å²) in [5.41, 5.74) is 6.76. The van der Waals surface area contributed by atoms with Crippen molar-refractivity contribution in [2.24, 2.45) is 17.6 Å². The summed E-state index contributed by atoms with van der Waals surface area (Å²) in [6, 6.07) is 7.64. The molecule has 0 heterocycles. The van der Waals surface area contributed by atoms with Gasteiger partial charge >= 0.3 is 0 Å². The van der Waals surface area contributed by atoms with Crippen LogP contribution in [0.4, 0.5) is 0 Å². The molecule has 1 aromatic carbocycles. The normalized spacial score (nSPS) is 24.1. The van der Waals surface area contributed by atoms with E-state index in [0.717, 1.165) is 37.8 Å². The summed E-state index contributed by atoms with van der Waals surface area (Å²) in [4.78, 5) is 12.3. The van der Waals surface area contributed by atoms with Gasteiger partial charge in [0, 0.05) is 10.9 Å². The molecule has 0 spiro atoms. The second-order valence-electron chi connectivity index (χ2n) is 5.74. The minimum Gasteiger partial charge on any atom is -0.349 e. The molecule has 0 unspecified atom stereocenters. The lowest BCUT2D eigenvalue weighted by Crippen LogP contribution is -2.35. The van der Waals surface area contributed by atoms with Gasteiger partial charge in [-0.2, -0.15) is 0 Å². The fraction of sp³-hybridized carbons (Fsp3) is 0.562. The van der Waals surface area contributed by atoms with E-state index >= 15 is 0 Å². The van der Waals surface area contributed by atoms with E-state index < -0.39 is 0 Å². The Labute approximate surface area is 125 Å². The van der Waals surface area contributed by atoms with Gasteiger partial charge in [-0.3, -0.25) is 4.79 Å². The van der Waals surface area contributed by atoms with Crippen LogP contribution in [0.15, 0.2) is 24.3 Å². The van der Waals surface area contributed by atoms with Crippen LogP contribution in [0.5, 0.6) is 0 Å². The summed E-state index contributed by atoms with van der Waals surface area (Å²) in [7, 11) is 0. The minimum atomic E-state index is 0.0204. The summed E-state index contributed by atoms with van der Waals surface area (Å²) in [5.74, 6) is 0.920. The van der Waals surface area contributed by atoms with E-state index in [1.54, 1.807) is 0 Å². The standard InChI is InChI=1S/C16H23ClN2O/c1-11(13-6-8-15(17)9-7-13)19-16(20)14-4-2-12(10-18)3-5-14/h6-9,11-12,14H,2-5,10,18H2,1H3,(H,19,20)/t11-,12?,14?/m1/s1. The highest BCUT2D eigenvalue weighted by Gasteiger charge is 2.26. The van der Waals surface area contributed by atoms with E-state index in [0.29, 0.717) is 10.9 Å². The molecule has 2 rings (SSSR count). The number of carbonyl (C=O) groups is 1. The average molecular weight is 295 g/mol. The first-order chi connectivity index (χ1) is 9.60. The molecule has 20 heavy (non-hydrogen) atoms. The molecular formula is C16H23ClN2O. The Hall–Kier alpha value is -1.06. The highest BCUT2D eigenvalue weighted by atomic mass is 35.5. The molecule has 0 bridgehead atoms. The van der Waals surface area contributed by atoms with Crippen molar-refractivity contribution in [2.75, 3.05) is 6.54 Å². The van der Waals surface area contributed by atoms with Crippen LogP contribution >= 0.6 is 11.6 Å². The van der Waals surface area contributed by atoms with Crippen molar-refractivity contribution in [1.82, 2.24) is 5.32 Å². The van der Waals surface area contributed by atoms with Crippen molar-refractivity contribution in [2.45, 2.75) is 38.6 Å². The largest absolute Gasteiger partial charge is 0.349 e. The zero-order chi connectivity index (χ0) is 14.5. The topological polar surface area (TPSA) is 55.1 Å². The summed E-state index contributed by atoms with van der Waals surface area (Å²) >= 11 is 5.87. The molecule has 4 heteroatoms. The Morgan fingerprint density at radius 3 is 2.45 bits per heavy atom. The summed E-state index contributed by atoms with van der Waals surface area (Å²) in [5, 5.41) is 3.82. The fourth-order valence-electron chi connectivity index (χ4n) is 2.83. The van der Waals surface area contributed by atoms with Crippen molar-refractivity contribution in [1.29, 1.82) is 0 Å². The van der Waals surface area contributed by atoms with E-state index in [-0.39, 0.29) is 17.9 Å². The maximum absolute atomic E-state index is 12.3. The number of hydrogen-bond acceptors (Lipinski definition) is 2. The molecule has 3 N–H and O–H groups in total. The molecule has 0 aromatic heterocycles. The SMILES string of the molecule is C[C@@H](NC(=O)C1CCC(CN)CC1)c1ccc(Cl)cc1. The first-order valence-corrected chi connectivity index (χ1v) is 7.74. The number of nitrogens with one attached hydrogen (secondary N) is 1. The molecule has 1 aromatic rings. The monoisotopic (exact) mass is 294 g/mol. The number of carbonyl (C=O) groups excluding carboxylic acids is 1. The van der Waals surface area contributed by atoms with Crippen LogP contribution in [-0.2, 0) is 4.79 Å². The number of rotatable bonds is 4. The molecule has 0 radical (unpaired) electrons. The molecule has 110 valence electrons. The van der Waals surface area contributed by atoms with E-state index in [9.17, 15) is 4.79 Å². The molecular weight excluding hydrogens is 272 g/mol. The maximum Gasteiger partial charge on any atom is 0.223 e. The van der Waals surface area contributed by atoms with Crippen molar-refractivity contribution in [3.8, 4) is 0 Å². The lowest BCUT2D eigenvalue weighted by molar-refractivity contribution is -0.126. The molecule has 1 saturated carbocycles. The molecule has 0 saturated heterocycles. The Morgan fingerprint density at radius 1 is 1.30 bits per heavy atom. The van der Waals surface area contributed by atoms with E-state index in [2.05, 4.69) is 5.32 Å². The van der Waals surface area contributed by atoms with Gasteiger partial charge < -0.3 is 11.1 Å². The third kappa shape index (κ3) is 3.97. The molecule has 1 amide bonds. The fourth-order valence-corrected chi connectivity index (χ4v) is 2.95. The van der Waals surface area contributed by atoms with Crippen LogP contribution in [0.1, 0.15) is 44.2 Å². The highest BCUT2D eigenvalue weighted by Crippen LogP contribution is 2.28. The predicted octanol–water partition coefficient (Wildman–Crippen LogP) is 3.28. The highest BCUT2D eigenvalue weighted by molar-refractivity contribution is 6.30. The van der Waals surface area contributed by atoms with Gasteiger partial charge in [-0.05, 0) is 62.8 Å². The maximum atomic E-state index is 12.3. The molecule has 1 atom stereocenters. The predicted molar refractivity (Wildman–Crippen MR) is 82.5 cm³/mol. The summed E-state index contributed by atoms with van der Waals surface area (Å²) in [6.07, 6.45) is 4.07. The smallest absolute Gasteiger partial charge is 0.223 e. The molecule has 0 aliphatic heterocycles. The van der Waals surface area contributed by atoms with E-state index in [4.69, 9.17) is 17.3 Å². The molecule has 1 fully saturated rings. The van der Waals surface area contributed by atoms with Gasteiger partial charge in [-0.25, -0.2) is 0 Å². The van der Waals surface area contributed by atoms with Crippen LogP contribution in [0.3, 0.4) is 0 Å². The molecule has 1 aliphatic carbocycles. The quantitative estimate of drug-likeness (QED) is 0.895. The zero-order valence-corrected chi connectivity index (χ0v) is 12.7. The Morgan fingerprint density at radius 2 is 1.90 bits per heavy atom. The van der Waals surface area contributed by atoms with Crippen molar-refractivity contribution < 1.29 is 4.79 Å². The number of halogens is 1. The van der Waals surface area contributed by atoms with Gasteiger partial charge in [0.1, 0.15) is 0 Å². The van der Waals surface area contributed by atoms with Gasteiger partial charge in [0.05, 0.1) is 6.04 Å². The van der Waals surface area contributed by atoms with Gasteiger partial charge in [0.25, 0.3) is 0 Å². The van der Waals surface area contributed by atoms with Crippen molar-refractivity contribution >= 4 is 17.5 Å². The molecule has 1 aliphatic rings. The average Bonchev–Trinajstić information content (AvgIpc) is 2.48. The summed E-state index contributed by atoms with van der Waals surface area (Å²) in [6.45, 7) is 2.75. The van der Waals surface area contributed by atoms with Crippen LogP contribution in [0, 0.1) is 11.8 Å². The van der Waals surface area contributed by atoms with Gasteiger partial charge in [-0.15, -0.1) is 0 Å². The Bertz CT molecular complexity index is 438. The van der Waals surface area contributed by atoms with Gasteiger partial charge in [0.15, 0.2) is 0 Å². The first kappa shape index (κ1) is 15.3. The second-order valence-corrected chi connectivity index (χ2v) is 6.17. The lowest BCUT2D eigenvalue weighted by atomic mass is 9.81. The van der Waals surface area contributed by atoms with E-state index in [1.165, 1.54) is 0 Å². The van der Waals surface area contributed by atoms with Crippen molar-refractivity contribution in [3.05, 3.63) is 34.9 Å². The van der Waals surface area contributed by atoms with Crippen LogP contribution in [0.25, 0.3) is 0 Å². The number of nitrogens with two attached hydrogens (primary N) is 1. The van der Waals surface area contributed by atoms with Gasteiger partial charge in [0.2, 0.25) is 5.91 Å².